The van der Waals surface area contributed by atoms with Crippen LogP contribution < -0.4 is 4.90 Å². The summed E-state index contributed by atoms with van der Waals surface area (Å²) in [4.78, 5) is 2.76. The molecule has 3 aromatic rings. The molecule has 0 N–H and O–H groups in total. The maximum Gasteiger partial charge on any atom is 0.0685 e. The molecule has 0 unspecified atom stereocenters. The van der Waals surface area contributed by atoms with Gasteiger partial charge in [-0.2, -0.15) is 0 Å². The van der Waals surface area contributed by atoms with Crippen molar-refractivity contribution in [3.05, 3.63) is 65.4 Å². The molecule has 1 aromatic heterocycles. The molecule has 1 spiro atoms. The lowest BCUT2D eigenvalue weighted by molar-refractivity contribution is 0.417. The second-order valence-electron chi connectivity index (χ2n) is 7.91. The summed E-state index contributed by atoms with van der Waals surface area (Å²) in [5.41, 5.74) is 7.48. The second-order valence-corrected chi connectivity index (χ2v) is 7.91. The van der Waals surface area contributed by atoms with E-state index in [1.807, 2.05) is 0 Å². The number of hydrogen-bond acceptors (Lipinski definition) is 1. The van der Waals surface area contributed by atoms with Crippen molar-refractivity contribution >= 4 is 16.6 Å². The van der Waals surface area contributed by atoms with Crippen LogP contribution >= 0.6 is 0 Å². The van der Waals surface area contributed by atoms with Gasteiger partial charge in [0.25, 0.3) is 0 Å². The molecule has 0 saturated heterocycles. The van der Waals surface area contributed by atoms with Gasteiger partial charge in [-0.1, -0.05) is 49.2 Å². The number of benzene rings is 2. The van der Waals surface area contributed by atoms with Crippen LogP contribution in [0.5, 0.6) is 0 Å². The lowest BCUT2D eigenvalue weighted by atomic mass is 9.87. The molecule has 1 fully saturated rings. The Balaban J connectivity index is 1.83. The van der Waals surface area contributed by atoms with Gasteiger partial charge in [0.1, 0.15) is 0 Å². The van der Waals surface area contributed by atoms with E-state index in [1.54, 1.807) is 5.56 Å². The third kappa shape index (κ3) is 1.80. The van der Waals surface area contributed by atoms with E-state index in [1.165, 1.54) is 53.5 Å². The minimum absolute atomic E-state index is 0.168. The highest BCUT2D eigenvalue weighted by molar-refractivity contribution is 5.89. The van der Waals surface area contributed by atoms with E-state index in [-0.39, 0.29) is 5.54 Å². The minimum Gasteiger partial charge on any atom is -0.353 e. The van der Waals surface area contributed by atoms with Crippen molar-refractivity contribution < 1.29 is 0 Å². The number of aromatic nitrogens is 1. The number of anilines is 1. The summed E-state index contributed by atoms with van der Waals surface area (Å²) < 4.78 is 2.45. The molecule has 0 radical (unpaired) electrons. The Labute approximate surface area is 150 Å². The summed E-state index contributed by atoms with van der Waals surface area (Å²) in [7, 11) is 2.25. The van der Waals surface area contributed by atoms with Crippen LogP contribution in [0.2, 0.25) is 0 Å². The molecule has 1 aliphatic heterocycles. The molecule has 25 heavy (non-hydrogen) atoms. The van der Waals surface area contributed by atoms with Crippen LogP contribution in [0.25, 0.3) is 10.9 Å². The molecule has 2 heterocycles. The van der Waals surface area contributed by atoms with Crippen LogP contribution in [0.3, 0.4) is 0 Å². The molecular formula is C23H26N2. The lowest BCUT2D eigenvalue weighted by Gasteiger charge is -2.41. The average molecular weight is 330 g/mol. The second kappa shape index (κ2) is 5.14. The summed E-state index contributed by atoms with van der Waals surface area (Å²) in [5.74, 6) is 0. The molecular weight excluding hydrogens is 304 g/mol. The first-order valence-electron chi connectivity index (χ1n) is 9.58. The Kier molecular flexibility index (Phi) is 3.10. The molecule has 1 atom stereocenters. The van der Waals surface area contributed by atoms with Crippen molar-refractivity contribution in [3.8, 4) is 0 Å². The average Bonchev–Trinajstić information content (AvgIpc) is 3.27. The molecule has 1 aliphatic carbocycles. The van der Waals surface area contributed by atoms with Gasteiger partial charge >= 0.3 is 0 Å². The number of aryl methyl sites for hydroxylation is 2. The Morgan fingerprint density at radius 3 is 2.40 bits per heavy atom. The third-order valence-electron chi connectivity index (χ3n) is 6.67. The first-order chi connectivity index (χ1) is 12.1. The summed E-state index contributed by atoms with van der Waals surface area (Å²) in [5, 5.41) is 1.46. The van der Waals surface area contributed by atoms with E-state index in [0.29, 0.717) is 6.04 Å². The van der Waals surface area contributed by atoms with E-state index < -0.39 is 0 Å². The van der Waals surface area contributed by atoms with Crippen LogP contribution in [0.4, 0.5) is 5.69 Å². The van der Waals surface area contributed by atoms with Gasteiger partial charge in [0.15, 0.2) is 0 Å². The maximum atomic E-state index is 2.76. The van der Waals surface area contributed by atoms with E-state index in [2.05, 4.69) is 78.9 Å². The monoisotopic (exact) mass is 330 g/mol. The molecule has 5 rings (SSSR count). The standard InChI is InChI=1S/C23H26N2/c1-16-10-4-6-12-19(16)25-17(2)22-21(23(25)14-8-9-15-23)18-11-5-7-13-20(18)24(22)3/h4-7,10-13,17H,8-9,14-15H2,1-3H3/t17-/m0/s1. The highest BCUT2D eigenvalue weighted by atomic mass is 15.3. The van der Waals surface area contributed by atoms with Gasteiger partial charge in [-0.15, -0.1) is 0 Å². The zero-order chi connectivity index (χ0) is 17.2. The summed E-state index contributed by atoms with van der Waals surface area (Å²) in [6.07, 6.45) is 5.20. The molecule has 2 aromatic carbocycles. The summed E-state index contributed by atoms with van der Waals surface area (Å²) in [6, 6.07) is 18.3. The fraction of sp³-hybridized carbons (Fsp3) is 0.391. The number of nitrogens with zero attached hydrogens (tertiary/aromatic N) is 2. The van der Waals surface area contributed by atoms with E-state index in [9.17, 15) is 0 Å². The Hall–Kier alpha value is -2.22. The fourth-order valence-electron chi connectivity index (χ4n) is 5.73. The van der Waals surface area contributed by atoms with Crippen LogP contribution in [0.1, 0.15) is 55.5 Å². The Morgan fingerprint density at radius 1 is 0.960 bits per heavy atom. The van der Waals surface area contributed by atoms with Crippen molar-refractivity contribution in [1.82, 2.24) is 4.57 Å². The van der Waals surface area contributed by atoms with Gasteiger partial charge in [0.2, 0.25) is 0 Å². The van der Waals surface area contributed by atoms with Gasteiger partial charge in [-0.3, -0.25) is 0 Å². The number of para-hydroxylation sites is 2. The Morgan fingerprint density at radius 2 is 1.64 bits per heavy atom. The van der Waals surface area contributed by atoms with Crippen molar-refractivity contribution in [2.45, 2.75) is 51.1 Å². The van der Waals surface area contributed by atoms with Gasteiger partial charge in [-0.05, 0) is 44.4 Å². The highest BCUT2D eigenvalue weighted by Crippen LogP contribution is 2.58. The van der Waals surface area contributed by atoms with Gasteiger partial charge in [-0.25, -0.2) is 0 Å². The summed E-state index contributed by atoms with van der Waals surface area (Å²) >= 11 is 0. The first-order valence-corrected chi connectivity index (χ1v) is 9.58. The van der Waals surface area contributed by atoms with Gasteiger partial charge in [0.05, 0.1) is 11.6 Å². The van der Waals surface area contributed by atoms with E-state index >= 15 is 0 Å². The zero-order valence-corrected chi connectivity index (χ0v) is 15.4. The SMILES string of the molecule is Cc1ccccc1N1[C@@H](C)c2c(c3ccccc3n2C)C12CCCC2. The number of hydrogen-bond donors (Lipinski definition) is 0. The van der Waals surface area contributed by atoms with Crippen LogP contribution in [0.15, 0.2) is 48.5 Å². The van der Waals surface area contributed by atoms with E-state index in [4.69, 9.17) is 0 Å². The van der Waals surface area contributed by atoms with Gasteiger partial charge in [0, 0.05) is 34.9 Å². The first kappa shape index (κ1) is 15.1. The quantitative estimate of drug-likeness (QED) is 0.544. The number of fused-ring (bicyclic) bond motifs is 4. The van der Waals surface area contributed by atoms with Crippen molar-refractivity contribution in [2.24, 2.45) is 7.05 Å². The number of rotatable bonds is 1. The maximum absolute atomic E-state index is 2.76. The topological polar surface area (TPSA) is 8.17 Å². The zero-order valence-electron chi connectivity index (χ0n) is 15.4. The Bertz CT molecular complexity index is 959. The van der Waals surface area contributed by atoms with Crippen molar-refractivity contribution in [1.29, 1.82) is 0 Å². The van der Waals surface area contributed by atoms with Crippen LogP contribution in [0, 0.1) is 6.92 Å². The fourth-order valence-corrected chi connectivity index (χ4v) is 5.73. The molecule has 1 saturated carbocycles. The normalized spacial score (nSPS) is 21.4. The molecule has 2 aliphatic rings. The lowest BCUT2D eigenvalue weighted by Crippen LogP contribution is -2.40. The predicted octanol–water partition coefficient (Wildman–Crippen LogP) is 5.84. The highest BCUT2D eigenvalue weighted by Gasteiger charge is 2.53. The van der Waals surface area contributed by atoms with Crippen molar-refractivity contribution in [3.63, 3.8) is 0 Å². The van der Waals surface area contributed by atoms with E-state index in [0.717, 1.165) is 0 Å². The van der Waals surface area contributed by atoms with Crippen LogP contribution in [-0.4, -0.2) is 4.57 Å². The smallest absolute Gasteiger partial charge is 0.0685 e. The van der Waals surface area contributed by atoms with Gasteiger partial charge < -0.3 is 9.47 Å². The van der Waals surface area contributed by atoms with Crippen molar-refractivity contribution in [2.75, 3.05) is 4.90 Å². The molecule has 0 bridgehead atoms. The third-order valence-corrected chi connectivity index (χ3v) is 6.67. The largest absolute Gasteiger partial charge is 0.353 e. The minimum atomic E-state index is 0.168. The molecule has 128 valence electrons. The predicted molar refractivity (Wildman–Crippen MR) is 105 cm³/mol. The molecule has 2 nitrogen and oxygen atoms in total. The summed E-state index contributed by atoms with van der Waals surface area (Å²) in [6.45, 7) is 4.66. The molecule has 2 heteroatoms. The van der Waals surface area contributed by atoms with Crippen LogP contribution in [-0.2, 0) is 12.6 Å². The molecule has 0 amide bonds.